The Hall–Kier alpha value is -0.228. The molecular formula is C7H7AlOS. The molecule has 0 amide bonds. The first kappa shape index (κ1) is 7.87. The summed E-state index contributed by atoms with van der Waals surface area (Å²) in [5, 5.41) is 0. The SMILES string of the molecule is O=[C]([AlH2])Sc1ccccc1. The summed E-state index contributed by atoms with van der Waals surface area (Å²) in [6.07, 6.45) is 0. The minimum absolute atomic E-state index is 0.270. The van der Waals surface area contributed by atoms with Crippen LogP contribution in [0.2, 0.25) is 0 Å². The molecule has 0 aromatic heterocycles. The highest BCUT2D eigenvalue weighted by Gasteiger charge is 1.94. The standard InChI is InChI=1S/C7H5OS.Al.2H/c8-6-9-7-4-2-1-3-5-7;;;/h1-5H;;;. The average Bonchev–Trinajstić information content (AvgIpc) is 1.88. The number of carbonyl (C=O) groups excluding carboxylic acids is 1. The van der Waals surface area contributed by atoms with Crippen molar-refractivity contribution in [1.82, 2.24) is 0 Å². The van der Waals surface area contributed by atoms with Crippen molar-refractivity contribution < 1.29 is 4.79 Å². The Bertz CT molecular complexity index is 222. The Balaban J connectivity index is 2.67. The Morgan fingerprint density at radius 1 is 1.30 bits per heavy atom. The second-order valence-electron chi connectivity index (χ2n) is 1.91. The Kier molecular flexibility index (Phi) is 3.01. The van der Waals surface area contributed by atoms with Gasteiger partial charge in [-0.15, -0.1) is 0 Å². The first-order valence-electron chi connectivity index (χ1n) is 3.02. The summed E-state index contributed by atoms with van der Waals surface area (Å²) in [6, 6.07) is 9.71. The zero-order valence-electron chi connectivity index (χ0n) is 5.70. The van der Waals surface area contributed by atoms with Crippen molar-refractivity contribution in [3.8, 4) is 0 Å². The molecule has 0 aliphatic heterocycles. The van der Waals surface area contributed by atoms with Crippen molar-refractivity contribution >= 4 is 32.0 Å². The van der Waals surface area contributed by atoms with Crippen LogP contribution in [0.1, 0.15) is 0 Å². The zero-order chi connectivity index (χ0) is 7.40. The number of rotatable bonds is 1. The molecule has 1 aromatic rings. The summed E-state index contributed by atoms with van der Waals surface area (Å²) in [5.74, 6) is 0. The molecule has 0 N–H and O–H groups in total. The Morgan fingerprint density at radius 3 is 2.40 bits per heavy atom. The van der Waals surface area contributed by atoms with Crippen molar-refractivity contribution in [2.45, 2.75) is 4.90 Å². The molecule has 0 unspecified atom stereocenters. The van der Waals surface area contributed by atoms with Crippen LogP contribution in [0.15, 0.2) is 35.2 Å². The van der Waals surface area contributed by atoms with Crippen molar-refractivity contribution in [1.29, 1.82) is 0 Å². The first-order chi connectivity index (χ1) is 4.79. The van der Waals surface area contributed by atoms with Gasteiger partial charge in [-0.3, -0.25) is 0 Å². The number of hydrogen-bond acceptors (Lipinski definition) is 2. The van der Waals surface area contributed by atoms with Crippen LogP contribution in [0.3, 0.4) is 0 Å². The average molecular weight is 166 g/mol. The van der Waals surface area contributed by atoms with E-state index in [0.717, 1.165) is 4.90 Å². The van der Waals surface area contributed by atoms with E-state index in [4.69, 9.17) is 0 Å². The van der Waals surface area contributed by atoms with Crippen molar-refractivity contribution in [3.63, 3.8) is 0 Å². The van der Waals surface area contributed by atoms with Crippen LogP contribution in [-0.4, -0.2) is 20.3 Å². The summed E-state index contributed by atoms with van der Waals surface area (Å²) in [4.78, 5) is 11.7. The van der Waals surface area contributed by atoms with Crippen LogP contribution in [-0.2, 0) is 0 Å². The molecule has 1 nitrogen and oxygen atoms in total. The van der Waals surface area contributed by atoms with Crippen LogP contribution in [0.25, 0.3) is 0 Å². The van der Waals surface area contributed by atoms with Gasteiger partial charge in [-0.2, -0.15) is 0 Å². The molecule has 1 aromatic carbocycles. The minimum Gasteiger partial charge on any atom is -0.310 e. The lowest BCUT2D eigenvalue weighted by atomic mass is 10.4. The maximum Gasteiger partial charge on any atom is 0.338 e. The molecular weight excluding hydrogens is 159 g/mol. The van der Waals surface area contributed by atoms with Crippen molar-refractivity contribution in [2.75, 3.05) is 0 Å². The fourth-order valence-electron chi connectivity index (χ4n) is 0.655. The van der Waals surface area contributed by atoms with Gasteiger partial charge in [0.25, 0.3) is 0 Å². The highest BCUT2D eigenvalue weighted by Crippen LogP contribution is 2.16. The predicted molar refractivity (Wildman–Crippen MR) is 46.2 cm³/mol. The largest absolute Gasteiger partial charge is 0.338 e. The van der Waals surface area contributed by atoms with Crippen LogP contribution in [0.4, 0.5) is 4.79 Å². The molecule has 1 rings (SSSR count). The number of hydrogen-bond donors (Lipinski definition) is 0. The molecule has 0 heterocycles. The third-order valence-corrected chi connectivity index (χ3v) is 2.41. The van der Waals surface area contributed by atoms with Gasteiger partial charge in [0.15, 0.2) is 0 Å². The molecule has 50 valence electrons. The molecule has 0 spiro atoms. The number of benzene rings is 1. The summed E-state index contributed by atoms with van der Waals surface area (Å²) < 4.78 is 0.270. The van der Waals surface area contributed by atoms with E-state index >= 15 is 0 Å². The normalized spacial score (nSPS) is 9.20. The van der Waals surface area contributed by atoms with Gasteiger partial charge in [0.1, 0.15) is 0 Å². The third kappa shape index (κ3) is 2.57. The molecule has 0 bridgehead atoms. The van der Waals surface area contributed by atoms with Crippen LogP contribution < -0.4 is 0 Å². The zero-order valence-corrected chi connectivity index (χ0v) is 8.52. The first-order valence-corrected chi connectivity index (χ1v) is 4.84. The van der Waals surface area contributed by atoms with E-state index in [0.29, 0.717) is 16.3 Å². The van der Waals surface area contributed by atoms with Gasteiger partial charge in [-0.05, 0) is 12.1 Å². The quantitative estimate of drug-likeness (QED) is 0.465. The van der Waals surface area contributed by atoms with Gasteiger partial charge in [-0.25, -0.2) is 0 Å². The van der Waals surface area contributed by atoms with Gasteiger partial charge in [0.05, 0.1) is 3.98 Å². The molecule has 0 fully saturated rings. The lowest BCUT2D eigenvalue weighted by Gasteiger charge is -1.93. The van der Waals surface area contributed by atoms with E-state index < -0.39 is 0 Å². The van der Waals surface area contributed by atoms with Gasteiger partial charge in [-0.1, -0.05) is 30.0 Å². The van der Waals surface area contributed by atoms with E-state index in [9.17, 15) is 4.79 Å². The smallest absolute Gasteiger partial charge is 0.310 e. The minimum atomic E-state index is 0.270. The predicted octanol–water partition coefficient (Wildman–Crippen LogP) is 1.53. The fraction of sp³-hybridized carbons (Fsp3) is 0. The van der Waals surface area contributed by atoms with Crippen molar-refractivity contribution in [2.24, 2.45) is 0 Å². The summed E-state index contributed by atoms with van der Waals surface area (Å²) in [5.41, 5.74) is 0. The topological polar surface area (TPSA) is 17.1 Å². The lowest BCUT2D eigenvalue weighted by Crippen LogP contribution is -1.82. The fourth-order valence-corrected chi connectivity index (χ4v) is 1.99. The molecule has 0 aliphatic carbocycles. The summed E-state index contributed by atoms with van der Waals surface area (Å²) >= 11 is 1.95. The van der Waals surface area contributed by atoms with E-state index in [1.54, 1.807) is 0 Å². The lowest BCUT2D eigenvalue weighted by molar-refractivity contribution is 0.276. The van der Waals surface area contributed by atoms with E-state index in [1.165, 1.54) is 11.8 Å². The molecule has 0 atom stereocenters. The molecule has 0 saturated carbocycles. The van der Waals surface area contributed by atoms with Gasteiger partial charge < -0.3 is 4.79 Å². The van der Waals surface area contributed by atoms with E-state index in [-0.39, 0.29) is 3.98 Å². The molecule has 0 aliphatic rings. The molecule has 0 saturated heterocycles. The van der Waals surface area contributed by atoms with Crippen LogP contribution >= 0.6 is 11.8 Å². The second kappa shape index (κ2) is 3.82. The van der Waals surface area contributed by atoms with Gasteiger partial charge >= 0.3 is 16.3 Å². The van der Waals surface area contributed by atoms with Crippen LogP contribution in [0, 0.1) is 0 Å². The van der Waals surface area contributed by atoms with Gasteiger partial charge in [0, 0.05) is 4.90 Å². The monoisotopic (exact) mass is 166 g/mol. The molecule has 10 heavy (non-hydrogen) atoms. The Labute approximate surface area is 72.2 Å². The second-order valence-corrected chi connectivity index (χ2v) is 4.79. The summed E-state index contributed by atoms with van der Waals surface area (Å²) in [7, 11) is 0. The molecule has 3 heteroatoms. The number of carbonyl (C=O) groups is 1. The van der Waals surface area contributed by atoms with E-state index in [2.05, 4.69) is 0 Å². The van der Waals surface area contributed by atoms with E-state index in [1.807, 2.05) is 30.3 Å². The summed E-state index contributed by atoms with van der Waals surface area (Å²) in [6.45, 7) is 0. The third-order valence-electron chi connectivity index (χ3n) is 1.00. The van der Waals surface area contributed by atoms with Crippen molar-refractivity contribution in [3.05, 3.63) is 30.3 Å². The maximum absolute atomic E-state index is 10.6. The Morgan fingerprint density at radius 2 is 1.90 bits per heavy atom. The van der Waals surface area contributed by atoms with Crippen LogP contribution in [0.5, 0.6) is 0 Å². The van der Waals surface area contributed by atoms with Gasteiger partial charge in [0.2, 0.25) is 0 Å². The number of thioether (sulfide) groups is 1. The highest BCUT2D eigenvalue weighted by molar-refractivity contribution is 8.16. The molecule has 0 radical (unpaired) electrons. The highest BCUT2D eigenvalue weighted by atomic mass is 32.2. The maximum atomic E-state index is 10.6.